The molecule has 1 N–H and O–H groups in total. The highest BCUT2D eigenvalue weighted by Crippen LogP contribution is 2.38. The molecule has 0 aliphatic carbocycles. The minimum absolute atomic E-state index is 0.157. The lowest BCUT2D eigenvalue weighted by molar-refractivity contribution is 0.179. The number of benzene rings is 2. The molecule has 0 spiro atoms. The van der Waals surface area contributed by atoms with Gasteiger partial charge < -0.3 is 19.2 Å². The van der Waals surface area contributed by atoms with Crippen LogP contribution in [0.4, 0.5) is 4.79 Å². The summed E-state index contributed by atoms with van der Waals surface area (Å²) in [4.78, 5) is 15.7. The van der Waals surface area contributed by atoms with Crippen molar-refractivity contribution >= 4 is 6.03 Å². The first-order valence-corrected chi connectivity index (χ1v) is 12.2. The summed E-state index contributed by atoms with van der Waals surface area (Å²) in [5.74, 6) is 1.69. The van der Waals surface area contributed by atoms with Crippen molar-refractivity contribution in [2.24, 2.45) is 0 Å². The van der Waals surface area contributed by atoms with Crippen LogP contribution >= 0.6 is 0 Å². The number of carbonyl (C=O) groups excluding carboxylic acids is 1. The zero-order chi connectivity index (χ0) is 24.5. The Morgan fingerprint density at radius 3 is 2.50 bits per heavy atom. The molecule has 0 saturated carbocycles. The molecule has 6 rings (SSSR count). The molecule has 0 bridgehead atoms. The summed E-state index contributed by atoms with van der Waals surface area (Å²) in [7, 11) is 0. The Morgan fingerprint density at radius 1 is 1.00 bits per heavy atom. The van der Waals surface area contributed by atoms with Gasteiger partial charge in [0.15, 0.2) is 0 Å². The highest BCUT2D eigenvalue weighted by molar-refractivity contribution is 5.76. The third kappa shape index (κ3) is 3.79. The summed E-state index contributed by atoms with van der Waals surface area (Å²) in [5.41, 5.74) is 5.07. The van der Waals surface area contributed by atoms with Crippen molar-refractivity contribution in [2.45, 2.75) is 32.5 Å². The van der Waals surface area contributed by atoms with Gasteiger partial charge in [-0.25, -0.2) is 9.48 Å². The van der Waals surface area contributed by atoms with Crippen LogP contribution in [0.1, 0.15) is 41.2 Å². The fraction of sp³-hybridized carbons (Fsp3) is 0.172. The summed E-state index contributed by atoms with van der Waals surface area (Å²) in [5, 5.41) is 8.07. The first-order valence-electron chi connectivity index (χ1n) is 12.2. The van der Waals surface area contributed by atoms with Crippen molar-refractivity contribution in [1.82, 2.24) is 24.6 Å². The third-order valence-corrected chi connectivity index (χ3v) is 6.67. The van der Waals surface area contributed by atoms with Crippen LogP contribution in [-0.4, -0.2) is 25.3 Å². The topological polar surface area (TPSA) is 68.2 Å². The van der Waals surface area contributed by atoms with Crippen LogP contribution in [0.5, 0.6) is 0 Å². The third-order valence-electron chi connectivity index (χ3n) is 6.67. The Hall–Kier alpha value is -4.52. The summed E-state index contributed by atoms with van der Waals surface area (Å²) < 4.78 is 9.64. The second kappa shape index (κ2) is 9.26. The molecule has 0 fully saturated rings. The molecule has 0 unspecified atom stereocenters. The highest BCUT2D eigenvalue weighted by atomic mass is 16.3. The number of para-hydroxylation sites is 1. The number of hydrogen-bond acceptors (Lipinski definition) is 3. The number of hydrogen-bond donors (Lipinski definition) is 1. The smallest absolute Gasteiger partial charge is 0.318 e. The number of fused-ring (bicyclic) bond motifs is 3. The molecule has 0 radical (unpaired) electrons. The van der Waals surface area contributed by atoms with E-state index in [1.807, 2.05) is 64.2 Å². The Bertz CT molecular complexity index is 1470. The second-order valence-corrected chi connectivity index (χ2v) is 8.83. The molecule has 1 aliphatic heterocycles. The van der Waals surface area contributed by atoms with Crippen molar-refractivity contribution < 1.29 is 9.21 Å². The van der Waals surface area contributed by atoms with E-state index in [0.717, 1.165) is 40.4 Å². The SMILES string of the molecule is CCc1nn(-c2ccccc2)c2c1CN(C(=O)NCc1ccco1)[C@@H](c1ccccc1)c1cccn1-2. The standard InChI is InChI=1S/C29H27N5O2/c1-2-25-24-20-33(29(35)30-19-23-15-10-18-36-23)27(21-11-5-3-6-12-21)26-16-9-17-32(26)28(24)34(31-25)22-13-7-4-8-14-22/h3-18,27H,2,19-20H2,1H3,(H,30,35)/t27-/m0/s1. The largest absolute Gasteiger partial charge is 0.467 e. The van der Waals surface area contributed by atoms with E-state index in [1.54, 1.807) is 6.26 Å². The van der Waals surface area contributed by atoms with E-state index in [2.05, 4.69) is 53.3 Å². The van der Waals surface area contributed by atoms with Gasteiger partial charge in [0.25, 0.3) is 0 Å². The van der Waals surface area contributed by atoms with Crippen LogP contribution in [0.25, 0.3) is 11.5 Å². The van der Waals surface area contributed by atoms with Crippen molar-refractivity contribution in [3.63, 3.8) is 0 Å². The maximum Gasteiger partial charge on any atom is 0.318 e. The van der Waals surface area contributed by atoms with Crippen LogP contribution in [0, 0.1) is 0 Å². The Labute approximate surface area is 209 Å². The Morgan fingerprint density at radius 2 is 1.78 bits per heavy atom. The number of furan rings is 1. The predicted octanol–water partition coefficient (Wildman–Crippen LogP) is 5.63. The van der Waals surface area contributed by atoms with Gasteiger partial charge in [0, 0.05) is 11.8 Å². The molecule has 2 aromatic carbocycles. The summed E-state index contributed by atoms with van der Waals surface area (Å²) >= 11 is 0. The molecule has 3 aromatic heterocycles. The molecule has 1 aliphatic rings. The minimum Gasteiger partial charge on any atom is -0.467 e. The maximum absolute atomic E-state index is 13.8. The van der Waals surface area contributed by atoms with E-state index < -0.39 is 0 Å². The molecular formula is C29H27N5O2. The predicted molar refractivity (Wildman–Crippen MR) is 137 cm³/mol. The van der Waals surface area contributed by atoms with Crippen molar-refractivity contribution in [3.05, 3.63) is 126 Å². The van der Waals surface area contributed by atoms with Gasteiger partial charge >= 0.3 is 6.03 Å². The number of amides is 2. The lowest BCUT2D eigenvalue weighted by Gasteiger charge is -2.31. The number of nitrogens with zero attached hydrogens (tertiary/aromatic N) is 4. The normalized spacial score (nSPS) is 14.7. The molecule has 1 atom stereocenters. The van der Waals surface area contributed by atoms with Crippen LogP contribution in [-0.2, 0) is 19.5 Å². The van der Waals surface area contributed by atoms with Gasteiger partial charge in [-0.1, -0.05) is 55.5 Å². The lowest BCUT2D eigenvalue weighted by atomic mass is 10.0. The highest BCUT2D eigenvalue weighted by Gasteiger charge is 2.36. The van der Waals surface area contributed by atoms with Gasteiger partial charge in [-0.3, -0.25) is 0 Å². The summed E-state index contributed by atoms with van der Waals surface area (Å²) in [6, 6.07) is 27.7. The number of rotatable bonds is 5. The van der Waals surface area contributed by atoms with Gasteiger partial charge in [0.05, 0.1) is 42.5 Å². The van der Waals surface area contributed by atoms with Gasteiger partial charge in [-0.15, -0.1) is 0 Å². The van der Waals surface area contributed by atoms with E-state index >= 15 is 0 Å². The summed E-state index contributed by atoms with van der Waals surface area (Å²) in [6.45, 7) is 2.85. The van der Waals surface area contributed by atoms with E-state index in [4.69, 9.17) is 9.52 Å². The lowest BCUT2D eigenvalue weighted by Crippen LogP contribution is -2.41. The van der Waals surface area contributed by atoms with E-state index in [0.29, 0.717) is 18.8 Å². The number of aromatic nitrogens is 3. The van der Waals surface area contributed by atoms with Gasteiger partial charge in [0.1, 0.15) is 11.6 Å². The molecule has 0 saturated heterocycles. The van der Waals surface area contributed by atoms with Crippen LogP contribution in [0.2, 0.25) is 0 Å². The maximum atomic E-state index is 13.8. The quantitative estimate of drug-likeness (QED) is 0.357. The van der Waals surface area contributed by atoms with Gasteiger partial charge in [0.2, 0.25) is 0 Å². The van der Waals surface area contributed by atoms with Crippen molar-refractivity contribution in [3.8, 4) is 11.5 Å². The molecule has 180 valence electrons. The number of nitrogens with one attached hydrogen (secondary N) is 1. The fourth-order valence-electron chi connectivity index (χ4n) is 5.01. The molecular weight excluding hydrogens is 450 g/mol. The average molecular weight is 478 g/mol. The minimum atomic E-state index is -0.279. The van der Waals surface area contributed by atoms with E-state index in [1.165, 1.54) is 0 Å². The Kier molecular flexibility index (Phi) is 5.65. The first kappa shape index (κ1) is 22.0. The number of urea groups is 1. The van der Waals surface area contributed by atoms with E-state index in [-0.39, 0.29) is 12.1 Å². The molecule has 7 heteroatoms. The first-order chi connectivity index (χ1) is 17.7. The van der Waals surface area contributed by atoms with Crippen molar-refractivity contribution in [1.29, 1.82) is 0 Å². The fourth-order valence-corrected chi connectivity index (χ4v) is 5.01. The molecule has 2 amide bonds. The zero-order valence-electron chi connectivity index (χ0n) is 20.0. The summed E-state index contributed by atoms with van der Waals surface area (Å²) in [6.07, 6.45) is 4.44. The van der Waals surface area contributed by atoms with Gasteiger partial charge in [-0.2, -0.15) is 5.10 Å². The second-order valence-electron chi connectivity index (χ2n) is 8.83. The van der Waals surface area contributed by atoms with Crippen LogP contribution in [0.15, 0.2) is 102 Å². The molecule has 36 heavy (non-hydrogen) atoms. The zero-order valence-corrected chi connectivity index (χ0v) is 20.0. The molecule has 7 nitrogen and oxygen atoms in total. The average Bonchev–Trinajstić information content (AvgIpc) is 3.67. The van der Waals surface area contributed by atoms with Crippen LogP contribution in [0.3, 0.4) is 0 Å². The Balaban J connectivity index is 1.52. The molecule has 4 heterocycles. The number of carbonyl (C=O) groups is 1. The van der Waals surface area contributed by atoms with Gasteiger partial charge in [-0.05, 0) is 48.4 Å². The molecule has 5 aromatic rings. The number of aryl methyl sites for hydroxylation is 1. The van der Waals surface area contributed by atoms with Crippen LogP contribution < -0.4 is 5.32 Å². The van der Waals surface area contributed by atoms with E-state index in [9.17, 15) is 4.79 Å². The van der Waals surface area contributed by atoms with Crippen molar-refractivity contribution in [2.75, 3.05) is 0 Å². The monoisotopic (exact) mass is 477 g/mol.